The first-order valence-corrected chi connectivity index (χ1v) is 6.39. The van der Waals surface area contributed by atoms with Crippen molar-refractivity contribution in [2.24, 2.45) is 5.92 Å². The maximum absolute atomic E-state index is 5.69. The number of para-hydroxylation sites is 1. The molecule has 0 spiro atoms. The molecule has 1 atom stereocenters. The van der Waals surface area contributed by atoms with Crippen molar-refractivity contribution in [2.75, 3.05) is 11.9 Å². The molecule has 0 aromatic heterocycles. The number of rotatable bonds is 3. The van der Waals surface area contributed by atoms with Crippen LogP contribution in [0.25, 0.3) is 0 Å². The molecule has 0 amide bonds. The Hall–Kier alpha value is -1.18. The van der Waals surface area contributed by atoms with E-state index in [2.05, 4.69) is 23.5 Å². The van der Waals surface area contributed by atoms with Crippen LogP contribution in [0.1, 0.15) is 31.7 Å². The number of ether oxygens (including phenoxy) is 1. The molecule has 2 aliphatic rings. The lowest BCUT2D eigenvalue weighted by molar-refractivity contribution is 0.340. The van der Waals surface area contributed by atoms with Gasteiger partial charge in [-0.15, -0.1) is 0 Å². The van der Waals surface area contributed by atoms with Crippen molar-refractivity contribution in [3.63, 3.8) is 0 Å². The van der Waals surface area contributed by atoms with Gasteiger partial charge in [0.1, 0.15) is 5.75 Å². The van der Waals surface area contributed by atoms with E-state index >= 15 is 0 Å². The van der Waals surface area contributed by atoms with Gasteiger partial charge in [-0.2, -0.15) is 0 Å². The minimum Gasteiger partial charge on any atom is -0.492 e. The molecule has 1 aliphatic carbocycles. The average Bonchev–Trinajstić information content (AvgIpc) is 3.13. The maximum Gasteiger partial charge on any atom is 0.142 e. The van der Waals surface area contributed by atoms with E-state index in [1.807, 2.05) is 6.92 Å². The predicted octanol–water partition coefficient (Wildman–Crippen LogP) is 3.22. The Balaban J connectivity index is 1.87. The van der Waals surface area contributed by atoms with Gasteiger partial charge >= 0.3 is 0 Å². The van der Waals surface area contributed by atoms with Crippen molar-refractivity contribution in [1.82, 2.24) is 0 Å². The lowest BCUT2D eigenvalue weighted by Crippen LogP contribution is -2.27. The number of hydrogen-bond donors (Lipinski definition) is 1. The topological polar surface area (TPSA) is 21.3 Å². The third kappa shape index (κ3) is 1.77. The molecule has 1 heterocycles. The van der Waals surface area contributed by atoms with Crippen molar-refractivity contribution in [1.29, 1.82) is 0 Å². The molecule has 86 valence electrons. The molecule has 1 aromatic rings. The highest BCUT2D eigenvalue weighted by molar-refractivity contribution is 5.64. The zero-order valence-corrected chi connectivity index (χ0v) is 9.83. The average molecular weight is 217 g/mol. The Labute approximate surface area is 97.0 Å². The molecule has 0 radical (unpaired) electrons. The van der Waals surface area contributed by atoms with Crippen LogP contribution >= 0.6 is 0 Å². The monoisotopic (exact) mass is 217 g/mol. The number of hydrogen-bond acceptors (Lipinski definition) is 2. The van der Waals surface area contributed by atoms with Crippen molar-refractivity contribution in [3.05, 3.63) is 23.8 Å². The first-order chi connectivity index (χ1) is 7.88. The smallest absolute Gasteiger partial charge is 0.142 e. The molecule has 2 nitrogen and oxygen atoms in total. The first kappa shape index (κ1) is 10.0. The molecular formula is C14H19NO. The minimum absolute atomic E-state index is 0.689. The van der Waals surface area contributed by atoms with Crippen molar-refractivity contribution in [3.8, 4) is 5.75 Å². The molecule has 1 saturated carbocycles. The molecule has 0 bridgehead atoms. The Morgan fingerprint density at radius 2 is 2.19 bits per heavy atom. The number of fused-ring (bicyclic) bond motifs is 1. The highest BCUT2D eigenvalue weighted by Gasteiger charge is 2.33. The number of anilines is 1. The van der Waals surface area contributed by atoms with Crippen LogP contribution in [0.5, 0.6) is 5.75 Å². The van der Waals surface area contributed by atoms with Gasteiger partial charge in [0.2, 0.25) is 0 Å². The molecule has 0 saturated heterocycles. The Morgan fingerprint density at radius 3 is 2.94 bits per heavy atom. The second-order valence-corrected chi connectivity index (χ2v) is 4.85. The van der Waals surface area contributed by atoms with Crippen LogP contribution in [-0.2, 0) is 6.42 Å². The van der Waals surface area contributed by atoms with Crippen LogP contribution in [0.15, 0.2) is 18.2 Å². The van der Waals surface area contributed by atoms with E-state index in [1.54, 1.807) is 0 Å². The van der Waals surface area contributed by atoms with E-state index in [0.29, 0.717) is 6.04 Å². The summed E-state index contributed by atoms with van der Waals surface area (Å²) in [5.41, 5.74) is 2.68. The fourth-order valence-corrected chi connectivity index (χ4v) is 2.65. The molecule has 1 aromatic carbocycles. The van der Waals surface area contributed by atoms with Crippen molar-refractivity contribution in [2.45, 2.75) is 38.6 Å². The summed E-state index contributed by atoms with van der Waals surface area (Å²) in [5, 5.41) is 3.69. The van der Waals surface area contributed by atoms with Crippen LogP contribution < -0.4 is 10.1 Å². The van der Waals surface area contributed by atoms with Crippen LogP contribution in [0.3, 0.4) is 0 Å². The summed E-state index contributed by atoms with van der Waals surface area (Å²) in [4.78, 5) is 0. The van der Waals surface area contributed by atoms with Crippen LogP contribution in [0, 0.1) is 5.92 Å². The number of aryl methyl sites for hydroxylation is 1. The molecule has 2 heteroatoms. The van der Waals surface area contributed by atoms with E-state index in [4.69, 9.17) is 4.74 Å². The van der Waals surface area contributed by atoms with E-state index < -0.39 is 0 Å². The summed E-state index contributed by atoms with van der Waals surface area (Å²) in [5.74, 6) is 1.95. The van der Waals surface area contributed by atoms with Gasteiger partial charge in [-0.25, -0.2) is 0 Å². The highest BCUT2D eigenvalue weighted by Crippen LogP contribution is 2.41. The largest absolute Gasteiger partial charge is 0.492 e. The zero-order chi connectivity index (χ0) is 11.0. The van der Waals surface area contributed by atoms with Gasteiger partial charge in [-0.05, 0) is 50.2 Å². The normalized spacial score (nSPS) is 23.4. The van der Waals surface area contributed by atoms with Crippen LogP contribution in [0.4, 0.5) is 5.69 Å². The summed E-state index contributed by atoms with van der Waals surface area (Å²) >= 11 is 0. The lowest BCUT2D eigenvalue weighted by Gasteiger charge is -2.28. The number of benzene rings is 1. The predicted molar refractivity (Wildman–Crippen MR) is 66.1 cm³/mol. The Morgan fingerprint density at radius 1 is 1.31 bits per heavy atom. The van der Waals surface area contributed by atoms with Gasteiger partial charge in [0, 0.05) is 6.04 Å². The summed E-state index contributed by atoms with van der Waals surface area (Å²) in [6, 6.07) is 7.08. The van der Waals surface area contributed by atoms with Crippen molar-refractivity contribution < 1.29 is 4.74 Å². The second-order valence-electron chi connectivity index (χ2n) is 4.85. The summed E-state index contributed by atoms with van der Waals surface area (Å²) in [6.45, 7) is 2.78. The molecule has 1 fully saturated rings. The van der Waals surface area contributed by atoms with E-state index in [-0.39, 0.29) is 0 Å². The van der Waals surface area contributed by atoms with Crippen LogP contribution in [-0.4, -0.2) is 12.6 Å². The molecule has 1 N–H and O–H groups in total. The minimum atomic E-state index is 0.689. The fourth-order valence-electron chi connectivity index (χ4n) is 2.65. The third-order valence-electron chi connectivity index (χ3n) is 3.66. The van der Waals surface area contributed by atoms with E-state index in [1.165, 1.54) is 36.9 Å². The maximum atomic E-state index is 5.69. The first-order valence-electron chi connectivity index (χ1n) is 6.39. The quantitative estimate of drug-likeness (QED) is 0.839. The van der Waals surface area contributed by atoms with Gasteiger partial charge in [0.25, 0.3) is 0 Å². The van der Waals surface area contributed by atoms with Gasteiger partial charge in [-0.1, -0.05) is 12.1 Å². The zero-order valence-electron chi connectivity index (χ0n) is 9.83. The molecule has 16 heavy (non-hydrogen) atoms. The number of nitrogens with one attached hydrogen (secondary N) is 1. The van der Waals surface area contributed by atoms with Gasteiger partial charge < -0.3 is 10.1 Å². The summed E-state index contributed by atoms with van der Waals surface area (Å²) in [6.07, 6.45) is 5.30. The summed E-state index contributed by atoms with van der Waals surface area (Å²) in [7, 11) is 0. The van der Waals surface area contributed by atoms with Crippen molar-refractivity contribution >= 4 is 5.69 Å². The van der Waals surface area contributed by atoms with Gasteiger partial charge in [-0.3, -0.25) is 0 Å². The van der Waals surface area contributed by atoms with Gasteiger partial charge in [0.05, 0.1) is 12.3 Å². The van der Waals surface area contributed by atoms with Crippen LogP contribution in [0.2, 0.25) is 0 Å². The SMILES string of the molecule is CCOc1cccc2c1NC(C1CC1)CC2. The van der Waals surface area contributed by atoms with E-state index in [0.717, 1.165) is 18.3 Å². The molecule has 1 aliphatic heterocycles. The Kier molecular flexibility index (Phi) is 2.50. The Bertz CT molecular complexity index is 384. The lowest BCUT2D eigenvalue weighted by atomic mass is 9.95. The molecule has 1 unspecified atom stereocenters. The van der Waals surface area contributed by atoms with E-state index in [9.17, 15) is 0 Å². The summed E-state index contributed by atoms with van der Waals surface area (Å²) < 4.78 is 5.69. The highest BCUT2D eigenvalue weighted by atomic mass is 16.5. The standard InChI is InChI=1S/C14H19NO/c1-2-16-13-5-3-4-11-8-9-12(10-6-7-10)15-14(11)13/h3-5,10,12,15H,2,6-9H2,1H3. The fraction of sp³-hybridized carbons (Fsp3) is 0.571. The third-order valence-corrected chi connectivity index (χ3v) is 3.66. The van der Waals surface area contributed by atoms with Gasteiger partial charge in [0.15, 0.2) is 0 Å². The molecule has 3 rings (SSSR count). The molecular weight excluding hydrogens is 198 g/mol. The second kappa shape index (κ2) is 4.00.